The highest BCUT2D eigenvalue weighted by atomic mass is 35.5. The summed E-state index contributed by atoms with van der Waals surface area (Å²) in [6.45, 7) is 2.19. The number of aliphatic hydroxyl groups excluding tert-OH is 1. The third-order valence-corrected chi connectivity index (χ3v) is 5.39. The van der Waals surface area contributed by atoms with Gasteiger partial charge in [-0.15, -0.1) is 0 Å². The van der Waals surface area contributed by atoms with Crippen molar-refractivity contribution in [3.63, 3.8) is 0 Å². The third-order valence-electron chi connectivity index (χ3n) is 5.13. The summed E-state index contributed by atoms with van der Waals surface area (Å²) in [5.74, 6) is 0.202. The van der Waals surface area contributed by atoms with Crippen LogP contribution in [-0.4, -0.2) is 39.7 Å². The number of fused-ring (bicyclic) bond motifs is 1. The minimum absolute atomic E-state index is 0.0675. The highest BCUT2D eigenvalue weighted by Gasteiger charge is 2.23. The van der Waals surface area contributed by atoms with E-state index in [0.29, 0.717) is 41.5 Å². The number of hydrogen-bond acceptors (Lipinski definition) is 5. The fraction of sp³-hybridized carbons (Fsp3) is 0.333. The molecule has 2 N–H and O–H groups in total. The molecule has 1 fully saturated rings. The number of aryl methyl sites for hydroxylation is 1. The minimum Gasteiger partial charge on any atom is -0.443 e. The molecule has 8 heteroatoms. The number of aliphatic hydroxyl groups is 1. The molecule has 0 unspecified atom stereocenters. The Morgan fingerprint density at radius 3 is 2.79 bits per heavy atom. The van der Waals surface area contributed by atoms with Crippen molar-refractivity contribution >= 4 is 28.6 Å². The Bertz CT molecular complexity index is 1100. The van der Waals surface area contributed by atoms with Crippen LogP contribution in [-0.2, 0) is 20.1 Å². The molecule has 4 rings (SSSR count). The first kappa shape index (κ1) is 19.7. The molecule has 29 heavy (non-hydrogen) atoms. The molecule has 152 valence electrons. The lowest BCUT2D eigenvalue weighted by Crippen LogP contribution is -2.29. The summed E-state index contributed by atoms with van der Waals surface area (Å²) in [7, 11) is 1.74. The van der Waals surface area contributed by atoms with Gasteiger partial charge in [0.2, 0.25) is 11.1 Å². The molecule has 0 bridgehead atoms. The van der Waals surface area contributed by atoms with Gasteiger partial charge in [-0.1, -0.05) is 23.7 Å². The van der Waals surface area contributed by atoms with E-state index in [4.69, 9.17) is 16.0 Å². The lowest BCUT2D eigenvalue weighted by molar-refractivity contribution is 0.0949. The van der Waals surface area contributed by atoms with E-state index < -0.39 is 5.91 Å². The number of hydrogen-bond donors (Lipinski definition) is 2. The van der Waals surface area contributed by atoms with Crippen molar-refractivity contribution in [3.05, 3.63) is 68.7 Å². The molecule has 3 heterocycles. The van der Waals surface area contributed by atoms with Gasteiger partial charge < -0.3 is 19.4 Å². The molecule has 1 saturated heterocycles. The summed E-state index contributed by atoms with van der Waals surface area (Å²) in [5.41, 5.74) is 1.03. The number of β-amino-alcohol motifs (C(OH)–C–C–N with tert-alkyl or cyclic N) is 1. The van der Waals surface area contributed by atoms with Gasteiger partial charge in [0, 0.05) is 37.9 Å². The number of amides is 1. The van der Waals surface area contributed by atoms with Crippen molar-refractivity contribution in [2.45, 2.75) is 25.6 Å². The number of furan rings is 1. The number of pyridine rings is 1. The topological polar surface area (TPSA) is 87.7 Å². The van der Waals surface area contributed by atoms with Gasteiger partial charge in [0.1, 0.15) is 11.3 Å². The van der Waals surface area contributed by atoms with Crippen molar-refractivity contribution in [2.75, 3.05) is 13.1 Å². The van der Waals surface area contributed by atoms with Gasteiger partial charge in [-0.25, -0.2) is 0 Å². The van der Waals surface area contributed by atoms with Crippen molar-refractivity contribution in [1.82, 2.24) is 14.8 Å². The standard InChI is InChI=1S/C21H22ClN3O4/c1-24-12-18(20(28)23-9-13-2-4-14(22)5-3-13)19(27)17-8-16(29-21(17)24)11-25-7-6-15(26)10-25/h2-5,8,12,15,26H,6-7,9-11H2,1H3,(H,23,28)/t15-/m1/s1. The number of rotatable bonds is 5. The average Bonchev–Trinajstić information content (AvgIpc) is 3.31. The minimum atomic E-state index is -0.437. The lowest BCUT2D eigenvalue weighted by atomic mass is 10.2. The number of likely N-dealkylation sites (tertiary alicyclic amines) is 1. The van der Waals surface area contributed by atoms with Crippen LogP contribution >= 0.6 is 11.6 Å². The second-order valence-electron chi connectivity index (χ2n) is 7.40. The normalized spacial score (nSPS) is 17.1. The summed E-state index contributed by atoms with van der Waals surface area (Å²) in [4.78, 5) is 27.6. The highest BCUT2D eigenvalue weighted by molar-refractivity contribution is 6.30. The van der Waals surface area contributed by atoms with E-state index >= 15 is 0 Å². The second kappa shape index (κ2) is 8.02. The van der Waals surface area contributed by atoms with Crippen LogP contribution < -0.4 is 10.7 Å². The van der Waals surface area contributed by atoms with Crippen molar-refractivity contribution in [2.24, 2.45) is 7.05 Å². The number of carbonyl (C=O) groups excluding carboxylic acids is 1. The molecule has 2 aromatic heterocycles. The van der Waals surface area contributed by atoms with Crippen LogP contribution in [0.25, 0.3) is 11.1 Å². The first-order valence-electron chi connectivity index (χ1n) is 9.46. The van der Waals surface area contributed by atoms with Gasteiger partial charge in [-0.3, -0.25) is 14.5 Å². The Morgan fingerprint density at radius 1 is 1.34 bits per heavy atom. The van der Waals surface area contributed by atoms with Gasteiger partial charge in [-0.2, -0.15) is 0 Å². The molecule has 3 aromatic rings. The predicted octanol–water partition coefficient (Wildman–Crippen LogP) is 2.28. The summed E-state index contributed by atoms with van der Waals surface area (Å²) in [6, 6.07) is 8.84. The number of nitrogens with one attached hydrogen (secondary N) is 1. The molecule has 0 aliphatic carbocycles. The Hall–Kier alpha value is -2.61. The fourth-order valence-electron chi connectivity index (χ4n) is 3.61. The maximum absolute atomic E-state index is 12.9. The summed E-state index contributed by atoms with van der Waals surface area (Å²) < 4.78 is 7.50. The van der Waals surface area contributed by atoms with Crippen LogP contribution in [0.1, 0.15) is 28.1 Å². The molecule has 1 aromatic carbocycles. The smallest absolute Gasteiger partial charge is 0.257 e. The maximum Gasteiger partial charge on any atom is 0.257 e. The fourth-order valence-corrected chi connectivity index (χ4v) is 3.73. The van der Waals surface area contributed by atoms with E-state index in [1.54, 1.807) is 29.8 Å². The molecular formula is C21H22ClN3O4. The number of carbonyl (C=O) groups is 1. The predicted molar refractivity (Wildman–Crippen MR) is 110 cm³/mol. The SMILES string of the molecule is Cn1cc(C(=O)NCc2ccc(Cl)cc2)c(=O)c2cc(CN3CC[C@@H](O)C3)oc21. The molecule has 1 aliphatic rings. The Morgan fingerprint density at radius 2 is 2.10 bits per heavy atom. The number of nitrogens with zero attached hydrogens (tertiary/aromatic N) is 2. The summed E-state index contributed by atoms with van der Waals surface area (Å²) in [5, 5.41) is 13.4. The van der Waals surface area contributed by atoms with E-state index in [2.05, 4.69) is 10.2 Å². The largest absolute Gasteiger partial charge is 0.443 e. The number of aromatic nitrogens is 1. The van der Waals surface area contributed by atoms with Gasteiger partial charge in [0.05, 0.1) is 18.0 Å². The quantitative estimate of drug-likeness (QED) is 0.667. The highest BCUT2D eigenvalue weighted by Crippen LogP contribution is 2.20. The Balaban J connectivity index is 1.55. The lowest BCUT2D eigenvalue weighted by Gasteiger charge is -2.12. The van der Waals surface area contributed by atoms with Crippen LogP contribution in [0.5, 0.6) is 0 Å². The molecule has 1 aliphatic heterocycles. The molecule has 0 spiro atoms. The molecule has 1 atom stereocenters. The number of benzene rings is 1. The van der Waals surface area contributed by atoms with E-state index in [0.717, 1.165) is 18.5 Å². The third kappa shape index (κ3) is 4.22. The van der Waals surface area contributed by atoms with Gasteiger partial charge >= 0.3 is 0 Å². The van der Waals surface area contributed by atoms with Crippen LogP contribution in [0, 0.1) is 0 Å². The van der Waals surface area contributed by atoms with Crippen LogP contribution in [0.4, 0.5) is 0 Å². The van der Waals surface area contributed by atoms with E-state index in [1.165, 1.54) is 6.20 Å². The zero-order valence-electron chi connectivity index (χ0n) is 16.0. The van der Waals surface area contributed by atoms with Crippen LogP contribution in [0.2, 0.25) is 5.02 Å². The summed E-state index contributed by atoms with van der Waals surface area (Å²) in [6.07, 6.45) is 1.91. The van der Waals surface area contributed by atoms with E-state index in [9.17, 15) is 14.7 Å². The molecular weight excluding hydrogens is 394 g/mol. The molecule has 0 radical (unpaired) electrons. The summed E-state index contributed by atoms with van der Waals surface area (Å²) >= 11 is 5.87. The zero-order valence-corrected chi connectivity index (χ0v) is 16.8. The van der Waals surface area contributed by atoms with Gasteiger partial charge in [0.25, 0.3) is 5.91 Å². The van der Waals surface area contributed by atoms with Gasteiger partial charge in [0.15, 0.2) is 0 Å². The number of halogens is 1. The monoisotopic (exact) mass is 415 g/mol. The molecule has 0 saturated carbocycles. The Kier molecular flexibility index (Phi) is 5.45. The van der Waals surface area contributed by atoms with Gasteiger partial charge in [-0.05, 0) is 30.2 Å². The molecule has 1 amide bonds. The molecule has 7 nitrogen and oxygen atoms in total. The average molecular weight is 416 g/mol. The zero-order chi connectivity index (χ0) is 20.5. The van der Waals surface area contributed by atoms with Crippen molar-refractivity contribution < 1.29 is 14.3 Å². The van der Waals surface area contributed by atoms with E-state index in [-0.39, 0.29) is 17.1 Å². The second-order valence-corrected chi connectivity index (χ2v) is 7.84. The first-order chi connectivity index (χ1) is 13.9. The van der Waals surface area contributed by atoms with Crippen LogP contribution in [0.3, 0.4) is 0 Å². The van der Waals surface area contributed by atoms with Crippen molar-refractivity contribution in [1.29, 1.82) is 0 Å². The van der Waals surface area contributed by atoms with Crippen molar-refractivity contribution in [3.8, 4) is 0 Å². The first-order valence-corrected chi connectivity index (χ1v) is 9.83. The maximum atomic E-state index is 12.9. The van der Waals surface area contributed by atoms with E-state index in [1.807, 2.05) is 12.1 Å². The van der Waals surface area contributed by atoms with Crippen LogP contribution in [0.15, 0.2) is 45.7 Å². The Labute approximate surface area is 172 Å².